The number of aromatic nitrogens is 2. The number of aryl methyl sites for hydroxylation is 1. The lowest BCUT2D eigenvalue weighted by molar-refractivity contribution is -0.147. The molecule has 0 bridgehead atoms. The zero-order chi connectivity index (χ0) is 13.7. The molecule has 0 saturated carbocycles. The first-order valence-electron chi connectivity index (χ1n) is 5.45. The van der Waals surface area contributed by atoms with Crippen LogP contribution in [0, 0.1) is 0 Å². The number of carbonyl (C=O) groups is 2. The molecule has 0 saturated heterocycles. The zero-order valence-electron chi connectivity index (χ0n) is 9.87. The van der Waals surface area contributed by atoms with E-state index in [0.717, 1.165) is 4.88 Å². The fraction of sp³-hybridized carbons (Fsp3) is 0.273. The quantitative estimate of drug-likeness (QED) is 0.783. The minimum absolute atomic E-state index is 0.0549. The van der Waals surface area contributed by atoms with E-state index in [1.807, 2.05) is 17.5 Å². The summed E-state index contributed by atoms with van der Waals surface area (Å²) in [7, 11) is 0. The molecule has 0 atom stereocenters. The van der Waals surface area contributed by atoms with Gasteiger partial charge in [0.05, 0.1) is 11.3 Å². The van der Waals surface area contributed by atoms with Gasteiger partial charge in [0.15, 0.2) is 6.61 Å². The van der Waals surface area contributed by atoms with Crippen molar-refractivity contribution in [3.63, 3.8) is 0 Å². The zero-order valence-corrected chi connectivity index (χ0v) is 10.7. The van der Waals surface area contributed by atoms with E-state index in [1.165, 1.54) is 11.3 Å². The van der Waals surface area contributed by atoms with Crippen LogP contribution in [0.1, 0.15) is 12.3 Å². The summed E-state index contributed by atoms with van der Waals surface area (Å²) >= 11 is 1.50. The summed E-state index contributed by atoms with van der Waals surface area (Å²) in [6.45, 7) is -0.414. The molecule has 0 aliphatic carbocycles. The van der Waals surface area contributed by atoms with Crippen molar-refractivity contribution in [3.05, 3.63) is 23.4 Å². The van der Waals surface area contributed by atoms with Gasteiger partial charge in [-0.3, -0.25) is 9.59 Å². The van der Waals surface area contributed by atoms with Gasteiger partial charge in [-0.15, -0.1) is 11.3 Å². The summed E-state index contributed by atoms with van der Waals surface area (Å²) in [5.74, 6) is -0.379. The van der Waals surface area contributed by atoms with Crippen LogP contribution in [0.5, 0.6) is 0 Å². The van der Waals surface area contributed by atoms with Gasteiger partial charge < -0.3 is 15.0 Å². The standard InChI is InChI=1S/C11H11N3O4S/c12-8(15)6-17-10(16)4-3-9-13-11(14-18-9)7-2-1-5-19-7/h1-2,5H,3-4,6H2,(H2,12,15). The first-order chi connectivity index (χ1) is 9.15. The maximum atomic E-state index is 11.2. The third-order valence-corrected chi connectivity index (χ3v) is 2.99. The minimum atomic E-state index is -0.689. The molecular formula is C11H11N3O4S. The Labute approximate surface area is 112 Å². The number of hydrogen-bond acceptors (Lipinski definition) is 7. The average Bonchev–Trinajstić information content (AvgIpc) is 3.03. The van der Waals surface area contributed by atoms with Crippen LogP contribution in [-0.4, -0.2) is 28.6 Å². The van der Waals surface area contributed by atoms with Gasteiger partial charge in [-0.05, 0) is 11.4 Å². The maximum absolute atomic E-state index is 11.2. The van der Waals surface area contributed by atoms with Crippen LogP contribution >= 0.6 is 11.3 Å². The number of esters is 1. The molecule has 0 fully saturated rings. The van der Waals surface area contributed by atoms with Crippen molar-refractivity contribution in [1.29, 1.82) is 0 Å². The minimum Gasteiger partial charge on any atom is -0.456 e. The fourth-order valence-corrected chi connectivity index (χ4v) is 1.94. The third-order valence-electron chi connectivity index (χ3n) is 2.13. The number of primary amides is 1. The van der Waals surface area contributed by atoms with E-state index in [1.54, 1.807) is 0 Å². The Kier molecular flexibility index (Phi) is 4.24. The summed E-state index contributed by atoms with van der Waals surface area (Å²) in [6, 6.07) is 3.76. The number of amides is 1. The van der Waals surface area contributed by atoms with E-state index in [4.69, 9.17) is 10.3 Å². The highest BCUT2D eigenvalue weighted by molar-refractivity contribution is 7.13. The maximum Gasteiger partial charge on any atom is 0.306 e. The number of hydrogen-bond donors (Lipinski definition) is 1. The molecule has 0 aliphatic heterocycles. The lowest BCUT2D eigenvalue weighted by Crippen LogP contribution is -2.21. The molecule has 2 aromatic heterocycles. The van der Waals surface area contributed by atoms with Crippen molar-refractivity contribution in [2.45, 2.75) is 12.8 Å². The monoisotopic (exact) mass is 281 g/mol. The van der Waals surface area contributed by atoms with Crippen molar-refractivity contribution in [3.8, 4) is 10.7 Å². The predicted molar refractivity (Wildman–Crippen MR) is 66.1 cm³/mol. The van der Waals surface area contributed by atoms with Gasteiger partial charge in [0.1, 0.15) is 0 Å². The number of nitrogens with zero attached hydrogens (tertiary/aromatic N) is 2. The number of ether oxygens (including phenoxy) is 1. The van der Waals surface area contributed by atoms with Crippen LogP contribution < -0.4 is 5.73 Å². The largest absolute Gasteiger partial charge is 0.456 e. The summed E-state index contributed by atoms with van der Waals surface area (Å²) in [5.41, 5.74) is 4.85. The highest BCUT2D eigenvalue weighted by Crippen LogP contribution is 2.21. The van der Waals surface area contributed by atoms with Gasteiger partial charge in [-0.2, -0.15) is 4.98 Å². The second-order valence-electron chi connectivity index (χ2n) is 3.62. The summed E-state index contributed by atoms with van der Waals surface area (Å²) < 4.78 is 9.61. The van der Waals surface area contributed by atoms with E-state index in [9.17, 15) is 9.59 Å². The summed E-state index contributed by atoms with van der Waals surface area (Å²) in [5, 5.41) is 5.72. The van der Waals surface area contributed by atoms with Crippen LogP contribution in [0.4, 0.5) is 0 Å². The van der Waals surface area contributed by atoms with Crippen molar-refractivity contribution < 1.29 is 18.8 Å². The van der Waals surface area contributed by atoms with Crippen molar-refractivity contribution in [1.82, 2.24) is 10.1 Å². The van der Waals surface area contributed by atoms with Crippen molar-refractivity contribution in [2.75, 3.05) is 6.61 Å². The van der Waals surface area contributed by atoms with Gasteiger partial charge in [0, 0.05) is 6.42 Å². The number of nitrogens with two attached hydrogens (primary N) is 1. The van der Waals surface area contributed by atoms with Crippen LogP contribution in [-0.2, 0) is 20.7 Å². The normalized spacial score (nSPS) is 10.3. The molecule has 0 unspecified atom stereocenters. The second kappa shape index (κ2) is 6.10. The molecule has 8 heteroatoms. The third kappa shape index (κ3) is 3.88. The number of thiophene rings is 1. The SMILES string of the molecule is NC(=O)COC(=O)CCc1nc(-c2cccs2)no1. The van der Waals surface area contributed by atoms with E-state index in [2.05, 4.69) is 14.9 Å². The van der Waals surface area contributed by atoms with Crippen LogP contribution in [0.3, 0.4) is 0 Å². The van der Waals surface area contributed by atoms with Gasteiger partial charge >= 0.3 is 5.97 Å². The average molecular weight is 281 g/mol. The lowest BCUT2D eigenvalue weighted by Gasteiger charge is -1.99. The highest BCUT2D eigenvalue weighted by atomic mass is 32.1. The molecule has 7 nitrogen and oxygen atoms in total. The first-order valence-corrected chi connectivity index (χ1v) is 6.33. The molecule has 100 valence electrons. The molecule has 19 heavy (non-hydrogen) atoms. The van der Waals surface area contributed by atoms with Crippen LogP contribution in [0.15, 0.2) is 22.0 Å². The Balaban J connectivity index is 1.84. The Morgan fingerprint density at radius 2 is 2.32 bits per heavy atom. The van der Waals surface area contributed by atoms with E-state index in [-0.39, 0.29) is 12.8 Å². The van der Waals surface area contributed by atoms with E-state index in [0.29, 0.717) is 11.7 Å². The first kappa shape index (κ1) is 13.2. The smallest absolute Gasteiger partial charge is 0.306 e. The summed E-state index contributed by atoms with van der Waals surface area (Å²) in [4.78, 5) is 26.7. The Bertz CT molecular complexity index is 564. The van der Waals surface area contributed by atoms with Gasteiger partial charge in [0.25, 0.3) is 5.91 Å². The van der Waals surface area contributed by atoms with E-state index >= 15 is 0 Å². The number of carbonyl (C=O) groups excluding carboxylic acids is 2. The predicted octanol–water partition coefficient (Wildman–Crippen LogP) is 0.759. The molecule has 0 aliphatic rings. The molecule has 2 heterocycles. The molecule has 0 radical (unpaired) electrons. The number of rotatable bonds is 6. The van der Waals surface area contributed by atoms with E-state index < -0.39 is 18.5 Å². The molecule has 2 N–H and O–H groups in total. The van der Waals surface area contributed by atoms with Crippen molar-refractivity contribution in [2.24, 2.45) is 5.73 Å². The fourth-order valence-electron chi connectivity index (χ4n) is 1.30. The Morgan fingerprint density at radius 1 is 1.47 bits per heavy atom. The lowest BCUT2D eigenvalue weighted by atomic mass is 10.3. The van der Waals surface area contributed by atoms with Gasteiger partial charge in [-0.1, -0.05) is 11.2 Å². The Morgan fingerprint density at radius 3 is 3.00 bits per heavy atom. The molecule has 0 spiro atoms. The molecule has 2 aromatic rings. The van der Waals surface area contributed by atoms with Crippen LogP contribution in [0.25, 0.3) is 10.7 Å². The second-order valence-corrected chi connectivity index (χ2v) is 4.56. The topological polar surface area (TPSA) is 108 Å². The molecule has 1 amide bonds. The summed E-state index contributed by atoms with van der Waals surface area (Å²) in [6.07, 6.45) is 0.315. The van der Waals surface area contributed by atoms with Gasteiger partial charge in [-0.25, -0.2) is 0 Å². The molecule has 2 rings (SSSR count). The van der Waals surface area contributed by atoms with Crippen LogP contribution in [0.2, 0.25) is 0 Å². The van der Waals surface area contributed by atoms with Crippen molar-refractivity contribution >= 4 is 23.2 Å². The highest BCUT2D eigenvalue weighted by Gasteiger charge is 2.12. The Hall–Kier alpha value is -2.22. The molecule has 0 aromatic carbocycles. The molecular weight excluding hydrogens is 270 g/mol. The van der Waals surface area contributed by atoms with Gasteiger partial charge in [0.2, 0.25) is 11.7 Å².